The maximum absolute atomic E-state index is 5.91. The average Bonchev–Trinajstić information content (AvgIpc) is 3.38. The van der Waals surface area contributed by atoms with Crippen molar-refractivity contribution in [3.8, 4) is 5.88 Å². The molecule has 27 heavy (non-hydrogen) atoms. The molecule has 0 spiro atoms. The van der Waals surface area contributed by atoms with Crippen LogP contribution in [0.15, 0.2) is 41.8 Å². The fourth-order valence-electron chi connectivity index (χ4n) is 3.14. The Hall–Kier alpha value is -2.57. The van der Waals surface area contributed by atoms with Crippen LogP contribution in [0.1, 0.15) is 44.6 Å². The summed E-state index contributed by atoms with van der Waals surface area (Å²) in [5.74, 6) is 1.54. The highest BCUT2D eigenvalue weighted by Gasteiger charge is 2.16. The lowest BCUT2D eigenvalue weighted by Gasteiger charge is -2.12. The summed E-state index contributed by atoms with van der Waals surface area (Å²) in [7, 11) is 0. The van der Waals surface area contributed by atoms with Crippen LogP contribution in [-0.2, 0) is 13.1 Å². The summed E-state index contributed by atoms with van der Waals surface area (Å²) >= 11 is 0. The van der Waals surface area contributed by atoms with Crippen molar-refractivity contribution >= 4 is 5.96 Å². The van der Waals surface area contributed by atoms with E-state index in [0.717, 1.165) is 56.3 Å². The molecule has 0 saturated heterocycles. The van der Waals surface area contributed by atoms with E-state index in [0.29, 0.717) is 12.6 Å². The van der Waals surface area contributed by atoms with Gasteiger partial charge in [0.25, 0.3) is 0 Å². The third kappa shape index (κ3) is 6.58. The molecule has 0 amide bonds. The molecular weight excluding hydrogens is 340 g/mol. The Bertz CT molecular complexity index is 677. The molecule has 1 aliphatic rings. The van der Waals surface area contributed by atoms with E-state index >= 15 is 0 Å². The Morgan fingerprint density at radius 1 is 1.30 bits per heavy atom. The van der Waals surface area contributed by atoms with Gasteiger partial charge in [-0.25, -0.2) is 9.98 Å². The first-order valence-corrected chi connectivity index (χ1v) is 9.94. The van der Waals surface area contributed by atoms with Gasteiger partial charge in [-0.3, -0.25) is 4.68 Å². The minimum Gasteiger partial charge on any atom is -0.474 e. The molecular formula is C20H30N6O. The standard InChI is InChI=1S/C20H30N6O/c1-2-21-20(22-11-5-13-26-14-6-12-25-26)24-16-17-9-10-19(23-15-17)27-18-7-3-4-8-18/h6,9-10,12,14-15,18H,2-5,7-8,11,13,16H2,1H3,(H2,21,22,24). The molecule has 0 aromatic carbocycles. The van der Waals surface area contributed by atoms with E-state index in [1.807, 2.05) is 35.3 Å². The van der Waals surface area contributed by atoms with Crippen molar-refractivity contribution in [2.24, 2.45) is 4.99 Å². The van der Waals surface area contributed by atoms with Crippen LogP contribution in [0.4, 0.5) is 0 Å². The van der Waals surface area contributed by atoms with Crippen molar-refractivity contribution in [2.75, 3.05) is 13.1 Å². The first-order chi connectivity index (χ1) is 13.3. The zero-order valence-electron chi connectivity index (χ0n) is 16.1. The van der Waals surface area contributed by atoms with Crippen LogP contribution in [0.25, 0.3) is 0 Å². The summed E-state index contributed by atoms with van der Waals surface area (Å²) in [5.41, 5.74) is 1.07. The Kier molecular flexibility index (Phi) is 7.50. The summed E-state index contributed by atoms with van der Waals surface area (Å²) < 4.78 is 7.85. The predicted octanol–water partition coefficient (Wildman–Crippen LogP) is 2.74. The number of aromatic nitrogens is 3. The van der Waals surface area contributed by atoms with Crippen LogP contribution in [-0.4, -0.2) is 39.9 Å². The lowest BCUT2D eigenvalue weighted by molar-refractivity contribution is 0.201. The topological polar surface area (TPSA) is 76.4 Å². The number of hydrogen-bond donors (Lipinski definition) is 2. The second kappa shape index (κ2) is 10.5. The van der Waals surface area contributed by atoms with Crippen molar-refractivity contribution in [1.82, 2.24) is 25.4 Å². The Morgan fingerprint density at radius 2 is 2.19 bits per heavy atom. The number of pyridine rings is 1. The monoisotopic (exact) mass is 370 g/mol. The third-order valence-corrected chi connectivity index (χ3v) is 4.57. The largest absolute Gasteiger partial charge is 0.474 e. The molecule has 2 aromatic heterocycles. The second-order valence-corrected chi connectivity index (χ2v) is 6.77. The highest BCUT2D eigenvalue weighted by Crippen LogP contribution is 2.22. The van der Waals surface area contributed by atoms with E-state index in [1.165, 1.54) is 12.8 Å². The fraction of sp³-hybridized carbons (Fsp3) is 0.550. The van der Waals surface area contributed by atoms with E-state index in [9.17, 15) is 0 Å². The molecule has 7 heteroatoms. The van der Waals surface area contributed by atoms with Crippen LogP contribution in [0.5, 0.6) is 5.88 Å². The van der Waals surface area contributed by atoms with Gasteiger partial charge in [0.15, 0.2) is 5.96 Å². The van der Waals surface area contributed by atoms with Crippen molar-refractivity contribution in [3.05, 3.63) is 42.4 Å². The number of aryl methyl sites for hydroxylation is 1. The molecule has 0 radical (unpaired) electrons. The van der Waals surface area contributed by atoms with E-state index in [4.69, 9.17) is 4.74 Å². The van der Waals surface area contributed by atoms with Crippen molar-refractivity contribution < 1.29 is 4.74 Å². The number of nitrogens with one attached hydrogen (secondary N) is 2. The lowest BCUT2D eigenvalue weighted by atomic mass is 10.3. The molecule has 2 aromatic rings. The number of hydrogen-bond acceptors (Lipinski definition) is 4. The smallest absolute Gasteiger partial charge is 0.213 e. The molecule has 1 aliphatic carbocycles. The maximum atomic E-state index is 5.91. The van der Waals surface area contributed by atoms with Gasteiger partial charge in [-0.15, -0.1) is 0 Å². The Morgan fingerprint density at radius 3 is 2.89 bits per heavy atom. The van der Waals surface area contributed by atoms with Crippen LogP contribution >= 0.6 is 0 Å². The van der Waals surface area contributed by atoms with E-state index in [-0.39, 0.29) is 0 Å². The molecule has 0 unspecified atom stereocenters. The summed E-state index contributed by atoms with van der Waals surface area (Å²) in [4.78, 5) is 9.07. The maximum Gasteiger partial charge on any atom is 0.213 e. The van der Waals surface area contributed by atoms with Crippen LogP contribution < -0.4 is 15.4 Å². The molecule has 3 rings (SSSR count). The number of rotatable bonds is 9. The van der Waals surface area contributed by atoms with E-state index < -0.39 is 0 Å². The van der Waals surface area contributed by atoms with Gasteiger partial charge in [-0.1, -0.05) is 6.07 Å². The van der Waals surface area contributed by atoms with Crippen LogP contribution in [0, 0.1) is 0 Å². The summed E-state index contributed by atoms with van der Waals surface area (Å²) in [5, 5.41) is 10.9. The number of nitrogens with zero attached hydrogens (tertiary/aromatic N) is 4. The number of guanidine groups is 1. The van der Waals surface area contributed by atoms with E-state index in [1.54, 1.807) is 6.20 Å². The van der Waals surface area contributed by atoms with Gasteiger partial charge >= 0.3 is 0 Å². The summed E-state index contributed by atoms with van der Waals surface area (Å²) in [6, 6.07) is 5.94. The van der Waals surface area contributed by atoms with E-state index in [2.05, 4.69) is 32.6 Å². The zero-order chi connectivity index (χ0) is 18.7. The van der Waals surface area contributed by atoms with Gasteiger partial charge in [0, 0.05) is 44.3 Å². The van der Waals surface area contributed by atoms with Crippen molar-refractivity contribution in [3.63, 3.8) is 0 Å². The van der Waals surface area contributed by atoms with Gasteiger partial charge in [0.1, 0.15) is 6.10 Å². The number of ether oxygens (including phenoxy) is 1. The Labute approximate surface area is 161 Å². The summed E-state index contributed by atoms with van der Waals surface area (Å²) in [6.07, 6.45) is 11.8. The highest BCUT2D eigenvalue weighted by molar-refractivity contribution is 5.79. The molecule has 2 heterocycles. The highest BCUT2D eigenvalue weighted by atomic mass is 16.5. The molecule has 146 valence electrons. The number of aliphatic imine (C=N–C) groups is 1. The van der Waals surface area contributed by atoms with Gasteiger partial charge in [0.2, 0.25) is 5.88 Å². The van der Waals surface area contributed by atoms with Crippen LogP contribution in [0.2, 0.25) is 0 Å². The fourth-order valence-corrected chi connectivity index (χ4v) is 3.14. The zero-order valence-corrected chi connectivity index (χ0v) is 16.1. The van der Waals surface area contributed by atoms with Crippen molar-refractivity contribution in [2.45, 2.75) is 58.2 Å². The summed E-state index contributed by atoms with van der Waals surface area (Å²) in [6.45, 7) is 5.23. The minimum absolute atomic E-state index is 0.340. The minimum atomic E-state index is 0.340. The van der Waals surface area contributed by atoms with Gasteiger partial charge in [0.05, 0.1) is 6.54 Å². The molecule has 0 bridgehead atoms. The molecule has 7 nitrogen and oxygen atoms in total. The second-order valence-electron chi connectivity index (χ2n) is 6.77. The van der Waals surface area contributed by atoms with Crippen molar-refractivity contribution in [1.29, 1.82) is 0 Å². The SMILES string of the molecule is CCNC(=NCc1ccc(OC2CCCC2)nc1)NCCCn1cccn1. The van der Waals surface area contributed by atoms with Gasteiger partial charge < -0.3 is 15.4 Å². The quantitative estimate of drug-likeness (QED) is 0.403. The molecule has 1 fully saturated rings. The van der Waals surface area contributed by atoms with Gasteiger partial charge in [-0.05, 0) is 50.7 Å². The first kappa shape index (κ1) is 19.2. The molecule has 0 atom stereocenters. The molecule has 1 saturated carbocycles. The normalized spacial score (nSPS) is 15.1. The van der Waals surface area contributed by atoms with Crippen LogP contribution in [0.3, 0.4) is 0 Å². The van der Waals surface area contributed by atoms with Gasteiger partial charge in [-0.2, -0.15) is 5.10 Å². The predicted molar refractivity (Wildman–Crippen MR) is 107 cm³/mol. The third-order valence-electron chi connectivity index (χ3n) is 4.57. The Balaban J connectivity index is 1.43. The molecule has 2 N–H and O–H groups in total. The average molecular weight is 371 g/mol. The first-order valence-electron chi connectivity index (χ1n) is 9.94. The molecule has 0 aliphatic heterocycles. The lowest BCUT2D eigenvalue weighted by Crippen LogP contribution is -2.38.